The van der Waals surface area contributed by atoms with Crippen molar-refractivity contribution in [2.24, 2.45) is 0 Å². The largest absolute Gasteiger partial charge is 0.480 e. The molecule has 1 aromatic rings. The average molecular weight is 378 g/mol. The molecule has 0 aromatic carbocycles. The first-order chi connectivity index (χ1) is 12.7. The first kappa shape index (κ1) is 18.9. The number of amides is 2. The lowest BCUT2D eigenvalue weighted by Gasteiger charge is -2.37. The van der Waals surface area contributed by atoms with Gasteiger partial charge >= 0.3 is 12.1 Å². The van der Waals surface area contributed by atoms with Gasteiger partial charge in [0, 0.05) is 32.0 Å². The quantitative estimate of drug-likeness (QED) is 0.767. The molecule has 10 nitrogen and oxygen atoms in total. The van der Waals surface area contributed by atoms with E-state index in [1.54, 1.807) is 18.7 Å². The monoisotopic (exact) mass is 378 g/mol. The number of ether oxygens (including phenoxy) is 1. The fourth-order valence-electron chi connectivity index (χ4n) is 3.42. The Morgan fingerprint density at radius 1 is 1.22 bits per heavy atom. The van der Waals surface area contributed by atoms with Gasteiger partial charge in [0.15, 0.2) is 0 Å². The molecule has 0 unspecified atom stereocenters. The van der Waals surface area contributed by atoms with E-state index in [1.165, 1.54) is 11.0 Å². The Labute approximate surface area is 155 Å². The lowest BCUT2D eigenvalue weighted by Crippen LogP contribution is -2.50. The summed E-state index contributed by atoms with van der Waals surface area (Å²) in [6.45, 7) is 3.97. The zero-order valence-corrected chi connectivity index (χ0v) is 15.3. The van der Waals surface area contributed by atoms with E-state index in [4.69, 9.17) is 9.84 Å². The Morgan fingerprint density at radius 3 is 2.52 bits per heavy atom. The van der Waals surface area contributed by atoms with E-state index in [2.05, 4.69) is 5.10 Å². The van der Waals surface area contributed by atoms with Crippen LogP contribution >= 0.6 is 0 Å². The molecule has 0 radical (unpaired) electrons. The molecular formula is C17H22N4O6. The number of carbonyl (C=O) groups is 3. The predicted molar refractivity (Wildman–Crippen MR) is 92.2 cm³/mol. The number of aromatic nitrogens is 2. The van der Waals surface area contributed by atoms with Crippen molar-refractivity contribution in [3.63, 3.8) is 0 Å². The highest BCUT2D eigenvalue weighted by Gasteiger charge is 2.47. The smallest absolute Gasteiger partial charge is 0.411 e. The van der Waals surface area contributed by atoms with Crippen LogP contribution in [0.5, 0.6) is 0 Å². The fraction of sp³-hybridized carbons (Fsp3) is 0.588. The van der Waals surface area contributed by atoms with Gasteiger partial charge in [-0.25, -0.2) is 9.48 Å². The Morgan fingerprint density at radius 2 is 1.89 bits per heavy atom. The Hall–Kier alpha value is -2.91. The molecule has 0 atom stereocenters. The van der Waals surface area contributed by atoms with Gasteiger partial charge in [-0.3, -0.25) is 19.3 Å². The van der Waals surface area contributed by atoms with Crippen molar-refractivity contribution in [3.05, 3.63) is 27.7 Å². The van der Waals surface area contributed by atoms with Crippen LogP contribution in [0, 0.1) is 13.8 Å². The molecular weight excluding hydrogens is 356 g/mol. The van der Waals surface area contributed by atoms with Crippen molar-refractivity contribution >= 4 is 18.0 Å². The van der Waals surface area contributed by atoms with Gasteiger partial charge < -0.3 is 14.7 Å². The third-order valence-electron chi connectivity index (χ3n) is 5.12. The number of hydrogen-bond acceptors (Lipinski definition) is 6. The minimum Gasteiger partial charge on any atom is -0.480 e. The number of likely N-dealkylation sites (tertiary alicyclic amines) is 1. The maximum absolute atomic E-state index is 12.5. The Bertz CT molecular complexity index is 840. The first-order valence-corrected chi connectivity index (χ1v) is 8.72. The van der Waals surface area contributed by atoms with Gasteiger partial charge in [-0.05, 0) is 19.4 Å². The van der Waals surface area contributed by atoms with Gasteiger partial charge in [-0.2, -0.15) is 5.10 Å². The van der Waals surface area contributed by atoms with Crippen LogP contribution in [0.4, 0.5) is 4.79 Å². The van der Waals surface area contributed by atoms with Crippen molar-refractivity contribution < 1.29 is 24.2 Å². The number of aliphatic carboxylic acids is 1. The van der Waals surface area contributed by atoms with Gasteiger partial charge in [-0.15, -0.1) is 0 Å². The molecule has 146 valence electrons. The lowest BCUT2D eigenvalue weighted by atomic mass is 9.91. The Balaban J connectivity index is 1.60. The molecule has 0 saturated carbocycles. The molecule has 2 aliphatic rings. The van der Waals surface area contributed by atoms with Crippen molar-refractivity contribution in [1.29, 1.82) is 0 Å². The second-order valence-electron chi connectivity index (χ2n) is 7.09. The number of carboxylic acids is 1. The van der Waals surface area contributed by atoms with Gasteiger partial charge in [0.2, 0.25) is 5.91 Å². The molecule has 2 aliphatic heterocycles. The maximum Gasteiger partial charge on any atom is 0.411 e. The van der Waals surface area contributed by atoms with Crippen LogP contribution in [0.15, 0.2) is 10.9 Å². The van der Waals surface area contributed by atoms with Crippen LogP contribution in [-0.4, -0.2) is 74.4 Å². The number of hydrogen-bond donors (Lipinski definition) is 1. The number of nitrogens with zero attached hydrogens (tertiary/aromatic N) is 4. The molecule has 1 aromatic heterocycles. The summed E-state index contributed by atoms with van der Waals surface area (Å²) in [6, 6.07) is 1.45. The summed E-state index contributed by atoms with van der Waals surface area (Å²) in [5.41, 5.74) is 0.390. The van der Waals surface area contributed by atoms with E-state index in [1.807, 2.05) is 0 Å². The molecule has 0 bridgehead atoms. The topological polar surface area (TPSA) is 122 Å². The molecule has 10 heteroatoms. The van der Waals surface area contributed by atoms with Crippen LogP contribution in [0.25, 0.3) is 0 Å². The summed E-state index contributed by atoms with van der Waals surface area (Å²) in [6.07, 6.45) is 0.217. The second-order valence-corrected chi connectivity index (χ2v) is 7.09. The number of carbonyl (C=O) groups excluding carboxylic acids is 2. The van der Waals surface area contributed by atoms with E-state index in [0.717, 1.165) is 10.2 Å². The molecule has 1 N–H and O–H groups in total. The number of rotatable bonds is 4. The van der Waals surface area contributed by atoms with Crippen LogP contribution in [0.3, 0.4) is 0 Å². The van der Waals surface area contributed by atoms with Crippen molar-refractivity contribution in [1.82, 2.24) is 19.6 Å². The SMILES string of the molecule is Cc1cc(=O)n(CC(=O)N2CCC3(CC2)CN(CC(=O)O)C(=O)O3)nc1C. The van der Waals surface area contributed by atoms with Gasteiger partial charge in [0.25, 0.3) is 5.56 Å². The number of carboxylic acid groups (broad SMARTS) is 1. The van der Waals surface area contributed by atoms with Crippen LogP contribution < -0.4 is 5.56 Å². The zero-order chi connectivity index (χ0) is 19.8. The summed E-state index contributed by atoms with van der Waals surface area (Å²) >= 11 is 0. The van der Waals surface area contributed by atoms with Crippen LogP contribution in [0.1, 0.15) is 24.1 Å². The summed E-state index contributed by atoms with van der Waals surface area (Å²) in [7, 11) is 0. The van der Waals surface area contributed by atoms with Crippen LogP contribution in [0.2, 0.25) is 0 Å². The van der Waals surface area contributed by atoms with Crippen molar-refractivity contribution in [3.8, 4) is 0 Å². The van der Waals surface area contributed by atoms with Crippen molar-refractivity contribution in [2.75, 3.05) is 26.2 Å². The molecule has 3 rings (SSSR count). The minimum atomic E-state index is -1.09. The third kappa shape index (κ3) is 3.93. The van der Waals surface area contributed by atoms with Crippen LogP contribution in [-0.2, 0) is 20.9 Å². The van der Waals surface area contributed by atoms with E-state index in [0.29, 0.717) is 31.6 Å². The molecule has 1 spiro atoms. The molecule has 3 heterocycles. The van der Waals surface area contributed by atoms with E-state index in [-0.39, 0.29) is 24.6 Å². The second kappa shape index (κ2) is 7.01. The van der Waals surface area contributed by atoms with E-state index < -0.39 is 24.2 Å². The highest BCUT2D eigenvalue weighted by Crippen LogP contribution is 2.33. The summed E-state index contributed by atoms with van der Waals surface area (Å²) in [5, 5.41) is 13.0. The molecule has 2 saturated heterocycles. The standard InChI is InChI=1S/C17H22N4O6/c1-11-7-13(22)21(18-12(11)2)8-14(23)19-5-3-17(4-6-19)10-20(9-15(24)25)16(26)27-17/h7H,3-6,8-10H2,1-2H3,(H,24,25). The van der Waals surface area contributed by atoms with Gasteiger partial charge in [-0.1, -0.05) is 0 Å². The summed E-state index contributed by atoms with van der Waals surface area (Å²) in [4.78, 5) is 50.0. The molecule has 2 fully saturated rings. The lowest BCUT2D eigenvalue weighted by molar-refractivity contribution is -0.137. The normalized spacial score (nSPS) is 18.7. The highest BCUT2D eigenvalue weighted by molar-refractivity contribution is 5.78. The zero-order valence-electron chi connectivity index (χ0n) is 15.3. The minimum absolute atomic E-state index is 0.141. The van der Waals surface area contributed by atoms with Gasteiger partial charge in [0.05, 0.1) is 12.2 Å². The summed E-state index contributed by atoms with van der Waals surface area (Å²) in [5.74, 6) is -1.32. The Kier molecular flexibility index (Phi) is 4.90. The predicted octanol–water partition coefficient (Wildman–Crippen LogP) is -0.242. The number of aryl methyl sites for hydroxylation is 2. The molecule has 2 amide bonds. The fourth-order valence-corrected chi connectivity index (χ4v) is 3.42. The molecule has 0 aliphatic carbocycles. The third-order valence-corrected chi connectivity index (χ3v) is 5.12. The number of piperidine rings is 1. The molecule has 27 heavy (non-hydrogen) atoms. The van der Waals surface area contributed by atoms with E-state index >= 15 is 0 Å². The maximum atomic E-state index is 12.5. The average Bonchev–Trinajstić information content (AvgIpc) is 2.87. The van der Waals surface area contributed by atoms with Crippen molar-refractivity contribution in [2.45, 2.75) is 38.8 Å². The van der Waals surface area contributed by atoms with Gasteiger partial charge in [0.1, 0.15) is 18.7 Å². The first-order valence-electron chi connectivity index (χ1n) is 8.72. The summed E-state index contributed by atoms with van der Waals surface area (Å²) < 4.78 is 6.57. The highest BCUT2D eigenvalue weighted by atomic mass is 16.6. The van der Waals surface area contributed by atoms with E-state index in [9.17, 15) is 19.2 Å².